The lowest BCUT2D eigenvalue weighted by Gasteiger charge is -2.04. The third kappa shape index (κ3) is 2.00. The van der Waals surface area contributed by atoms with Crippen LogP contribution < -0.4 is 0 Å². The molecular formula is C6H4BrFO2S. The number of hydrogen-bond acceptors (Lipinski definition) is 2. The smallest absolute Gasteiger partial charge is 0.207 e. The summed E-state index contributed by atoms with van der Waals surface area (Å²) in [4.78, 5) is -0.384. The molecule has 1 rings (SSSR count). The van der Waals surface area contributed by atoms with Crippen LogP contribution in [0, 0.1) is 0 Å². The quantitative estimate of drug-likeness (QED) is 0.470. The van der Waals surface area contributed by atoms with Crippen LogP contribution in [0.1, 0.15) is 0 Å². The van der Waals surface area contributed by atoms with E-state index < -0.39 is 20.9 Å². The fourth-order valence-electron chi connectivity index (χ4n) is 0.675. The zero-order valence-corrected chi connectivity index (χ0v) is 7.69. The minimum atomic E-state index is -2.35. The van der Waals surface area contributed by atoms with Gasteiger partial charge in [-0.3, -0.25) is 0 Å². The first kappa shape index (κ1) is 8.67. The molecule has 1 unspecified atom stereocenters. The van der Waals surface area contributed by atoms with Crippen LogP contribution in [0.5, 0.6) is 0 Å². The Hall–Kier alpha value is -0.420. The van der Waals surface area contributed by atoms with E-state index in [0.717, 1.165) is 6.08 Å². The van der Waals surface area contributed by atoms with Gasteiger partial charge in [-0.15, -0.1) is 0 Å². The second-order valence-corrected chi connectivity index (χ2v) is 3.85. The molecule has 2 nitrogen and oxygen atoms in total. The molecule has 0 spiro atoms. The number of halogens is 2. The van der Waals surface area contributed by atoms with Gasteiger partial charge in [0.25, 0.3) is 0 Å². The van der Waals surface area contributed by atoms with Crippen molar-refractivity contribution in [3.05, 3.63) is 24.1 Å². The monoisotopic (exact) mass is 238 g/mol. The van der Waals surface area contributed by atoms with Crippen molar-refractivity contribution in [1.29, 1.82) is 0 Å². The summed E-state index contributed by atoms with van der Waals surface area (Å²) >= 11 is 3.05. The first-order valence-corrected chi connectivity index (χ1v) is 4.76. The molecule has 0 amide bonds. The predicted molar refractivity (Wildman–Crippen MR) is 45.0 cm³/mol. The van der Waals surface area contributed by atoms with Gasteiger partial charge < -0.3 is 0 Å². The Morgan fingerprint density at radius 3 is 2.64 bits per heavy atom. The van der Waals surface area contributed by atoms with Crippen LogP contribution >= 0.6 is 15.9 Å². The van der Waals surface area contributed by atoms with Crippen LogP contribution in [0.25, 0.3) is 0 Å². The van der Waals surface area contributed by atoms with Gasteiger partial charge in [-0.2, -0.15) is 8.42 Å². The minimum absolute atomic E-state index is 0.0185. The van der Waals surface area contributed by atoms with Crippen LogP contribution in [0.2, 0.25) is 0 Å². The summed E-state index contributed by atoms with van der Waals surface area (Å²) in [6.07, 6.45) is 3.64. The van der Waals surface area contributed by atoms with Gasteiger partial charge in [-0.05, 0) is 12.2 Å². The highest BCUT2D eigenvalue weighted by atomic mass is 79.9. The Kier molecular flexibility index (Phi) is 2.62. The van der Waals surface area contributed by atoms with Crippen molar-refractivity contribution in [3.63, 3.8) is 0 Å². The number of hydrogen-bond donors (Lipinski definition) is 0. The third-order valence-electron chi connectivity index (χ3n) is 1.17. The van der Waals surface area contributed by atoms with E-state index in [0.29, 0.717) is 0 Å². The van der Waals surface area contributed by atoms with Gasteiger partial charge in [0.15, 0.2) is 0 Å². The van der Waals surface area contributed by atoms with E-state index in [4.69, 9.17) is 0 Å². The lowest BCUT2D eigenvalue weighted by Crippen LogP contribution is -2.12. The molecule has 0 radical (unpaired) electrons. The molecule has 0 saturated heterocycles. The van der Waals surface area contributed by atoms with Gasteiger partial charge in [0.1, 0.15) is 5.83 Å². The lowest BCUT2D eigenvalue weighted by molar-refractivity contribution is 0.626. The Balaban J connectivity index is 3.21. The van der Waals surface area contributed by atoms with E-state index >= 15 is 0 Å². The van der Waals surface area contributed by atoms with Crippen LogP contribution in [0.4, 0.5) is 4.39 Å². The summed E-state index contributed by atoms with van der Waals surface area (Å²) in [7, 11) is -2.35. The summed E-state index contributed by atoms with van der Waals surface area (Å²) in [5, 5.41) is 0. The van der Waals surface area contributed by atoms with Gasteiger partial charge in [0, 0.05) is 0 Å². The first-order chi connectivity index (χ1) is 5.11. The van der Waals surface area contributed by atoms with Gasteiger partial charge in [-0.1, -0.05) is 22.0 Å². The topological polar surface area (TPSA) is 34.1 Å². The highest BCUT2D eigenvalue weighted by Gasteiger charge is 2.13. The first-order valence-electron chi connectivity index (χ1n) is 2.77. The van der Waals surface area contributed by atoms with Crippen molar-refractivity contribution in [3.8, 4) is 0 Å². The van der Waals surface area contributed by atoms with Crippen molar-refractivity contribution in [2.24, 2.45) is 0 Å². The Bertz CT molecular complexity index is 345. The molecule has 1 aliphatic rings. The average molecular weight is 239 g/mol. The van der Waals surface area contributed by atoms with E-state index in [-0.39, 0.29) is 4.86 Å². The van der Waals surface area contributed by atoms with Gasteiger partial charge in [0.05, 0.1) is 9.69 Å². The summed E-state index contributed by atoms with van der Waals surface area (Å²) in [6.45, 7) is 0. The average Bonchev–Trinajstić information content (AvgIpc) is 1.94. The van der Waals surface area contributed by atoms with Crippen molar-refractivity contribution >= 4 is 31.1 Å². The molecule has 5 heteroatoms. The fraction of sp³-hybridized carbons (Fsp3) is 0.167. The molecule has 0 aromatic carbocycles. The highest BCUT2D eigenvalue weighted by molar-refractivity contribution is 9.10. The molecule has 11 heavy (non-hydrogen) atoms. The maximum atomic E-state index is 12.4. The van der Waals surface area contributed by atoms with Crippen molar-refractivity contribution in [1.82, 2.24) is 0 Å². The fourth-order valence-corrected chi connectivity index (χ4v) is 1.89. The number of alkyl halides is 1. The third-order valence-corrected chi connectivity index (χ3v) is 3.03. The van der Waals surface area contributed by atoms with Crippen LogP contribution in [-0.2, 0) is 10.3 Å². The molecule has 0 fully saturated rings. The number of rotatable bonds is 0. The van der Waals surface area contributed by atoms with E-state index in [9.17, 15) is 12.8 Å². The molecule has 0 saturated carbocycles. The maximum Gasteiger partial charge on any atom is 0.218 e. The summed E-state index contributed by atoms with van der Waals surface area (Å²) in [5.74, 6) is -0.542. The molecule has 0 heterocycles. The molecule has 0 aromatic heterocycles. The Morgan fingerprint density at radius 1 is 1.55 bits per heavy atom. The van der Waals surface area contributed by atoms with Crippen LogP contribution in [0.15, 0.2) is 24.1 Å². The predicted octanol–water partition coefficient (Wildman–Crippen LogP) is 1.22. The van der Waals surface area contributed by atoms with E-state index in [1.807, 2.05) is 0 Å². The van der Waals surface area contributed by atoms with Crippen molar-refractivity contribution in [2.75, 3.05) is 0 Å². The molecular weight excluding hydrogens is 235 g/mol. The summed E-state index contributed by atoms with van der Waals surface area (Å²) in [5.41, 5.74) is 0. The molecule has 0 aliphatic heterocycles. The second-order valence-electron chi connectivity index (χ2n) is 1.93. The molecule has 60 valence electrons. The van der Waals surface area contributed by atoms with E-state index in [2.05, 4.69) is 15.9 Å². The normalized spacial score (nSPS) is 23.3. The van der Waals surface area contributed by atoms with E-state index in [1.54, 1.807) is 0 Å². The molecule has 0 bridgehead atoms. The molecule has 0 aromatic rings. The Labute approximate surface area is 73.1 Å². The lowest BCUT2D eigenvalue weighted by atomic mass is 10.2. The highest BCUT2D eigenvalue weighted by Crippen LogP contribution is 2.14. The van der Waals surface area contributed by atoms with Crippen molar-refractivity contribution in [2.45, 2.75) is 4.83 Å². The zero-order valence-electron chi connectivity index (χ0n) is 5.29. The van der Waals surface area contributed by atoms with Gasteiger partial charge in [0.2, 0.25) is 10.3 Å². The van der Waals surface area contributed by atoms with Crippen LogP contribution in [-0.4, -0.2) is 18.1 Å². The van der Waals surface area contributed by atoms with Gasteiger partial charge >= 0.3 is 0 Å². The largest absolute Gasteiger partial charge is 0.218 e. The second kappa shape index (κ2) is 3.32. The van der Waals surface area contributed by atoms with E-state index in [1.165, 1.54) is 12.2 Å². The molecule has 1 aliphatic carbocycles. The van der Waals surface area contributed by atoms with Crippen molar-refractivity contribution < 1.29 is 12.8 Å². The SMILES string of the molecule is O=S(=O)=C1C=C(F)C=CC1Br. The Morgan fingerprint density at radius 2 is 2.18 bits per heavy atom. The molecule has 1 atom stereocenters. The van der Waals surface area contributed by atoms with Gasteiger partial charge in [-0.25, -0.2) is 4.39 Å². The number of allylic oxidation sites excluding steroid dienone is 4. The standard InChI is InChI=1S/C6H4BrFO2S/c7-5-2-1-4(8)3-6(5)11(9)10/h1-3,5H. The summed E-state index contributed by atoms with van der Waals surface area (Å²) in [6, 6.07) is 0. The summed E-state index contributed by atoms with van der Waals surface area (Å²) < 4.78 is 33.2. The molecule has 0 N–H and O–H groups in total. The maximum absolute atomic E-state index is 12.4. The minimum Gasteiger partial charge on any atom is -0.207 e. The van der Waals surface area contributed by atoms with Crippen LogP contribution in [0.3, 0.4) is 0 Å². The zero-order chi connectivity index (χ0) is 8.43.